The molecule has 3 nitrogen and oxygen atoms in total. The maximum Gasteiger partial charge on any atom is 0.124 e. The molecule has 1 fully saturated rings. The smallest absolute Gasteiger partial charge is 0.124 e. The second kappa shape index (κ2) is 6.52. The Morgan fingerprint density at radius 2 is 1.75 bits per heavy atom. The Hall–Kier alpha value is -0.490. The third-order valence-electron chi connectivity index (χ3n) is 3.40. The molecule has 0 atom stereocenters. The number of benzene rings is 1. The molecule has 1 aromatic carbocycles. The Morgan fingerprint density at radius 3 is 2.30 bits per heavy atom. The Morgan fingerprint density at radius 1 is 1.15 bits per heavy atom. The van der Waals surface area contributed by atoms with Crippen molar-refractivity contribution in [2.75, 3.05) is 32.7 Å². The highest BCUT2D eigenvalue weighted by Crippen LogP contribution is 2.17. The van der Waals surface area contributed by atoms with E-state index in [9.17, 15) is 9.50 Å². The molecule has 0 unspecified atom stereocenters. The summed E-state index contributed by atoms with van der Waals surface area (Å²) in [5.41, 5.74) is 0.350. The first-order valence-electron chi connectivity index (χ1n) is 6.94. The largest absolute Gasteiger partial charge is 0.389 e. The summed E-state index contributed by atoms with van der Waals surface area (Å²) in [6, 6.07) is 5.03. The van der Waals surface area contributed by atoms with E-state index in [1.165, 1.54) is 6.07 Å². The molecule has 0 spiro atoms. The molecule has 0 amide bonds. The number of aliphatic hydroxyl groups is 1. The fourth-order valence-electron chi connectivity index (χ4n) is 2.61. The van der Waals surface area contributed by atoms with Gasteiger partial charge in [0.1, 0.15) is 5.82 Å². The van der Waals surface area contributed by atoms with Crippen molar-refractivity contribution < 1.29 is 9.50 Å². The lowest BCUT2D eigenvalue weighted by Crippen LogP contribution is -2.50. The maximum atomic E-state index is 13.3. The molecular weight excluding hydrogens is 323 g/mol. The lowest BCUT2D eigenvalue weighted by molar-refractivity contribution is 0.0166. The number of piperazine rings is 1. The lowest BCUT2D eigenvalue weighted by Gasteiger charge is -2.37. The molecule has 1 N–H and O–H groups in total. The van der Waals surface area contributed by atoms with Crippen LogP contribution in [0.5, 0.6) is 0 Å². The lowest BCUT2D eigenvalue weighted by atomic mass is 10.1. The molecular formula is C15H22BrFN2O. The van der Waals surface area contributed by atoms with Crippen LogP contribution in [-0.2, 0) is 6.54 Å². The molecule has 0 bridgehead atoms. The molecule has 0 aliphatic carbocycles. The van der Waals surface area contributed by atoms with Crippen LogP contribution in [0.2, 0.25) is 0 Å². The van der Waals surface area contributed by atoms with E-state index in [0.717, 1.165) is 42.8 Å². The average molecular weight is 345 g/mol. The summed E-state index contributed by atoms with van der Waals surface area (Å²) in [5, 5.41) is 9.83. The van der Waals surface area contributed by atoms with Crippen molar-refractivity contribution in [3.63, 3.8) is 0 Å². The van der Waals surface area contributed by atoms with E-state index >= 15 is 0 Å². The van der Waals surface area contributed by atoms with Crippen LogP contribution in [-0.4, -0.2) is 53.2 Å². The van der Waals surface area contributed by atoms with Gasteiger partial charge < -0.3 is 5.11 Å². The summed E-state index contributed by atoms with van der Waals surface area (Å²) in [4.78, 5) is 4.60. The Kier molecular flexibility index (Phi) is 5.18. The van der Waals surface area contributed by atoms with Crippen molar-refractivity contribution >= 4 is 15.9 Å². The minimum Gasteiger partial charge on any atom is -0.389 e. The van der Waals surface area contributed by atoms with E-state index in [4.69, 9.17) is 0 Å². The topological polar surface area (TPSA) is 26.7 Å². The summed E-state index contributed by atoms with van der Waals surface area (Å²) < 4.78 is 14.1. The molecule has 1 aromatic rings. The highest BCUT2D eigenvalue weighted by Gasteiger charge is 2.22. The monoisotopic (exact) mass is 344 g/mol. The number of rotatable bonds is 4. The van der Waals surface area contributed by atoms with Crippen LogP contribution in [0.25, 0.3) is 0 Å². The molecule has 1 heterocycles. The minimum atomic E-state index is -0.643. The highest BCUT2D eigenvalue weighted by molar-refractivity contribution is 9.10. The summed E-state index contributed by atoms with van der Waals surface area (Å²) in [5.74, 6) is -0.199. The maximum absolute atomic E-state index is 13.3. The third kappa shape index (κ3) is 5.13. The predicted octanol–water partition coefficient (Wildman–Crippen LogP) is 2.48. The summed E-state index contributed by atoms with van der Waals surface area (Å²) >= 11 is 3.33. The number of β-amino-alcohol motifs (C(OH)–C–C–N with tert-alkyl or cyclic N) is 1. The van der Waals surface area contributed by atoms with Crippen molar-refractivity contribution in [1.29, 1.82) is 0 Å². The highest BCUT2D eigenvalue weighted by atomic mass is 79.9. The molecule has 5 heteroatoms. The van der Waals surface area contributed by atoms with Gasteiger partial charge in [0.05, 0.1) is 5.60 Å². The minimum absolute atomic E-state index is 0.199. The quantitative estimate of drug-likeness (QED) is 0.908. The molecule has 0 saturated carbocycles. The van der Waals surface area contributed by atoms with Crippen LogP contribution in [0.4, 0.5) is 4.39 Å². The van der Waals surface area contributed by atoms with E-state index in [1.54, 1.807) is 6.07 Å². The number of hydrogen-bond acceptors (Lipinski definition) is 3. The van der Waals surface area contributed by atoms with Gasteiger partial charge in [-0.05, 0) is 37.6 Å². The molecule has 20 heavy (non-hydrogen) atoms. The molecule has 1 aliphatic heterocycles. The second-order valence-electron chi connectivity index (χ2n) is 6.14. The third-order valence-corrected chi connectivity index (χ3v) is 3.86. The fraction of sp³-hybridized carbons (Fsp3) is 0.600. The first-order chi connectivity index (χ1) is 9.32. The summed E-state index contributed by atoms with van der Waals surface area (Å²) in [6.45, 7) is 8.93. The normalized spacial score (nSPS) is 18.4. The van der Waals surface area contributed by atoms with Gasteiger partial charge in [0, 0.05) is 43.7 Å². The van der Waals surface area contributed by atoms with Gasteiger partial charge in [0.15, 0.2) is 0 Å². The Bertz CT molecular complexity index is 433. The van der Waals surface area contributed by atoms with Crippen LogP contribution in [0.15, 0.2) is 22.7 Å². The molecule has 1 saturated heterocycles. The van der Waals surface area contributed by atoms with Gasteiger partial charge in [-0.3, -0.25) is 9.80 Å². The standard InChI is InChI=1S/C15H22BrFN2O/c1-15(2,20)11-19-5-3-18(4-6-19)10-12-7-13(16)9-14(17)8-12/h7-9,20H,3-6,10-11H2,1-2H3. The van der Waals surface area contributed by atoms with Crippen LogP contribution < -0.4 is 0 Å². The summed E-state index contributed by atoms with van der Waals surface area (Å²) in [7, 11) is 0. The first kappa shape index (κ1) is 15.9. The van der Waals surface area contributed by atoms with Crippen LogP contribution in [0, 0.1) is 5.82 Å². The van der Waals surface area contributed by atoms with Crippen molar-refractivity contribution in [2.24, 2.45) is 0 Å². The van der Waals surface area contributed by atoms with E-state index in [0.29, 0.717) is 6.54 Å². The SMILES string of the molecule is CC(C)(O)CN1CCN(Cc2cc(F)cc(Br)c2)CC1. The van der Waals surface area contributed by atoms with Crippen molar-refractivity contribution in [2.45, 2.75) is 26.0 Å². The zero-order valence-corrected chi connectivity index (χ0v) is 13.7. The number of halogens is 2. The Balaban J connectivity index is 1.85. The van der Waals surface area contributed by atoms with E-state index in [2.05, 4.69) is 25.7 Å². The van der Waals surface area contributed by atoms with Crippen LogP contribution >= 0.6 is 15.9 Å². The second-order valence-corrected chi connectivity index (χ2v) is 7.06. The van der Waals surface area contributed by atoms with Gasteiger partial charge in [0.25, 0.3) is 0 Å². The van der Waals surface area contributed by atoms with E-state index in [1.807, 2.05) is 19.9 Å². The van der Waals surface area contributed by atoms with Crippen molar-refractivity contribution in [3.8, 4) is 0 Å². The van der Waals surface area contributed by atoms with Gasteiger partial charge >= 0.3 is 0 Å². The Labute approximate surface area is 128 Å². The zero-order valence-electron chi connectivity index (χ0n) is 12.1. The van der Waals surface area contributed by atoms with Gasteiger partial charge in [0.2, 0.25) is 0 Å². The molecule has 0 aromatic heterocycles. The van der Waals surface area contributed by atoms with Gasteiger partial charge in [-0.15, -0.1) is 0 Å². The molecule has 0 radical (unpaired) electrons. The van der Waals surface area contributed by atoms with Gasteiger partial charge in [-0.25, -0.2) is 4.39 Å². The van der Waals surface area contributed by atoms with Crippen LogP contribution in [0.1, 0.15) is 19.4 Å². The van der Waals surface area contributed by atoms with Crippen LogP contribution in [0.3, 0.4) is 0 Å². The predicted molar refractivity (Wildman–Crippen MR) is 82.1 cm³/mol. The molecule has 1 aliphatic rings. The number of hydrogen-bond donors (Lipinski definition) is 1. The zero-order chi connectivity index (χ0) is 14.8. The molecule has 2 rings (SSSR count). The first-order valence-corrected chi connectivity index (χ1v) is 7.73. The fourth-order valence-corrected chi connectivity index (χ4v) is 3.13. The number of nitrogens with zero attached hydrogens (tertiary/aromatic N) is 2. The van der Waals surface area contributed by atoms with E-state index < -0.39 is 5.60 Å². The average Bonchev–Trinajstić information content (AvgIpc) is 2.28. The van der Waals surface area contributed by atoms with Gasteiger partial charge in [-0.2, -0.15) is 0 Å². The molecule has 112 valence electrons. The van der Waals surface area contributed by atoms with Gasteiger partial charge in [-0.1, -0.05) is 15.9 Å². The van der Waals surface area contributed by atoms with E-state index in [-0.39, 0.29) is 5.82 Å². The van der Waals surface area contributed by atoms with Crippen molar-refractivity contribution in [1.82, 2.24) is 9.80 Å². The van der Waals surface area contributed by atoms with Crippen molar-refractivity contribution in [3.05, 3.63) is 34.1 Å². The summed E-state index contributed by atoms with van der Waals surface area (Å²) in [6.07, 6.45) is 0.